The average molecular weight is 447 g/mol. The zero-order valence-corrected chi connectivity index (χ0v) is 19.6. The number of benzene rings is 1. The Bertz CT molecular complexity index is 1250. The third-order valence-corrected chi connectivity index (χ3v) is 6.16. The molecule has 4 aromatic rings. The number of aromatic nitrogens is 3. The van der Waals surface area contributed by atoms with Gasteiger partial charge in [0.15, 0.2) is 0 Å². The smallest absolute Gasteiger partial charge is 0.228 e. The first-order valence-electron chi connectivity index (χ1n) is 11.0. The van der Waals surface area contributed by atoms with Crippen LogP contribution in [-0.4, -0.2) is 59.5 Å². The van der Waals surface area contributed by atoms with Crippen LogP contribution in [0.2, 0.25) is 0 Å². The van der Waals surface area contributed by atoms with E-state index in [4.69, 9.17) is 9.21 Å². The molecule has 1 aliphatic rings. The van der Waals surface area contributed by atoms with Crippen molar-refractivity contribution in [1.29, 1.82) is 0 Å². The van der Waals surface area contributed by atoms with E-state index in [2.05, 4.69) is 68.7 Å². The zero-order chi connectivity index (χ0) is 23.5. The Balaban J connectivity index is 0.000000821. The number of carbonyl (C=O) groups is 1. The van der Waals surface area contributed by atoms with Crippen LogP contribution in [0.15, 0.2) is 41.1 Å². The number of piperazine rings is 1. The second-order valence-electron chi connectivity index (χ2n) is 8.41. The van der Waals surface area contributed by atoms with Crippen LogP contribution in [-0.2, 0) is 4.79 Å². The van der Waals surface area contributed by atoms with Gasteiger partial charge in [0.25, 0.3) is 0 Å². The Labute approximate surface area is 193 Å². The van der Waals surface area contributed by atoms with Gasteiger partial charge in [-0.15, -0.1) is 0 Å². The fourth-order valence-electron chi connectivity index (χ4n) is 4.16. The molecule has 1 amide bonds. The molecule has 3 aromatic heterocycles. The number of aromatic amines is 1. The number of oxazole rings is 1. The lowest BCUT2D eigenvalue weighted by Gasteiger charge is -2.35. The maximum atomic E-state index is 8.58. The van der Waals surface area contributed by atoms with Crippen molar-refractivity contribution in [2.45, 2.75) is 20.8 Å². The summed E-state index contributed by atoms with van der Waals surface area (Å²) in [5.41, 5.74) is 11.8. The quantitative estimate of drug-likeness (QED) is 0.466. The summed E-state index contributed by atoms with van der Waals surface area (Å²) in [6.07, 6.45) is 4.10. The Hall–Kier alpha value is -3.65. The standard InChI is InChI=1S/C24H27N5O.CH3NO/c1-15-11-18(5-6-22(15)29-9-7-28(4)8-10-29)19-12-20-21(14-26-23(20)25-13-19)24-27-16(2)17(3)30-24;2-1-3/h5-6,11-14H,7-10H2,1-4H3,(H,25,26);1H,(H2,2,3). The Morgan fingerprint density at radius 1 is 1.09 bits per heavy atom. The Morgan fingerprint density at radius 3 is 2.45 bits per heavy atom. The number of H-pyrrole nitrogens is 1. The molecule has 8 nitrogen and oxygen atoms in total. The highest BCUT2D eigenvalue weighted by Gasteiger charge is 2.17. The Morgan fingerprint density at radius 2 is 1.82 bits per heavy atom. The first-order chi connectivity index (χ1) is 15.9. The van der Waals surface area contributed by atoms with Gasteiger partial charge in [0.05, 0.1) is 11.3 Å². The van der Waals surface area contributed by atoms with E-state index in [1.165, 1.54) is 16.8 Å². The molecule has 0 aliphatic carbocycles. The van der Waals surface area contributed by atoms with Crippen molar-refractivity contribution >= 4 is 23.1 Å². The van der Waals surface area contributed by atoms with Crippen LogP contribution in [0, 0.1) is 20.8 Å². The van der Waals surface area contributed by atoms with Gasteiger partial charge in [-0.2, -0.15) is 0 Å². The van der Waals surface area contributed by atoms with Gasteiger partial charge in [-0.1, -0.05) is 6.07 Å². The molecule has 172 valence electrons. The molecule has 0 radical (unpaired) electrons. The lowest BCUT2D eigenvalue weighted by atomic mass is 10.0. The number of carbonyl (C=O) groups excluding carboxylic acids is 1. The monoisotopic (exact) mass is 446 g/mol. The minimum atomic E-state index is 0.250. The number of fused-ring (bicyclic) bond motifs is 1. The molecule has 0 saturated carbocycles. The molecule has 0 spiro atoms. The number of primary amides is 1. The fourth-order valence-corrected chi connectivity index (χ4v) is 4.16. The maximum Gasteiger partial charge on any atom is 0.228 e. The van der Waals surface area contributed by atoms with Gasteiger partial charge >= 0.3 is 0 Å². The summed E-state index contributed by atoms with van der Waals surface area (Å²) >= 11 is 0. The van der Waals surface area contributed by atoms with Crippen LogP contribution < -0.4 is 10.6 Å². The van der Waals surface area contributed by atoms with Crippen molar-refractivity contribution in [3.8, 4) is 22.6 Å². The summed E-state index contributed by atoms with van der Waals surface area (Å²) < 4.78 is 5.85. The molecule has 5 rings (SSSR count). The first kappa shape index (κ1) is 22.5. The minimum Gasteiger partial charge on any atom is -0.441 e. The molecular weight excluding hydrogens is 416 g/mol. The van der Waals surface area contributed by atoms with Gasteiger partial charge < -0.3 is 24.9 Å². The van der Waals surface area contributed by atoms with Gasteiger partial charge in [-0.05, 0) is 57.1 Å². The number of rotatable bonds is 3. The highest BCUT2D eigenvalue weighted by molar-refractivity contribution is 5.94. The van der Waals surface area contributed by atoms with E-state index < -0.39 is 0 Å². The molecule has 3 N–H and O–H groups in total. The third-order valence-electron chi connectivity index (χ3n) is 6.16. The lowest BCUT2D eigenvalue weighted by Crippen LogP contribution is -2.44. The molecule has 1 fully saturated rings. The summed E-state index contributed by atoms with van der Waals surface area (Å²) in [5.74, 6) is 1.48. The molecule has 1 aliphatic heterocycles. The van der Waals surface area contributed by atoms with Crippen molar-refractivity contribution in [3.63, 3.8) is 0 Å². The van der Waals surface area contributed by atoms with Crippen LogP contribution in [0.5, 0.6) is 0 Å². The fraction of sp³-hybridized carbons (Fsp3) is 0.320. The minimum absolute atomic E-state index is 0.250. The highest BCUT2D eigenvalue weighted by atomic mass is 16.4. The number of nitrogens with two attached hydrogens (primary N) is 1. The predicted octanol–water partition coefficient (Wildman–Crippen LogP) is 3.66. The van der Waals surface area contributed by atoms with E-state index in [0.717, 1.165) is 59.8 Å². The topological polar surface area (TPSA) is 104 Å². The maximum absolute atomic E-state index is 8.58. The second-order valence-corrected chi connectivity index (χ2v) is 8.41. The summed E-state index contributed by atoms with van der Waals surface area (Å²) in [6, 6.07) is 8.89. The van der Waals surface area contributed by atoms with Crippen LogP contribution in [0.4, 0.5) is 5.69 Å². The van der Waals surface area contributed by atoms with E-state index in [1.807, 2.05) is 26.2 Å². The van der Waals surface area contributed by atoms with Crippen molar-refractivity contribution < 1.29 is 9.21 Å². The number of hydrogen-bond donors (Lipinski definition) is 2. The van der Waals surface area contributed by atoms with E-state index >= 15 is 0 Å². The van der Waals surface area contributed by atoms with Crippen molar-refractivity contribution in [1.82, 2.24) is 19.9 Å². The van der Waals surface area contributed by atoms with E-state index in [-0.39, 0.29) is 6.41 Å². The van der Waals surface area contributed by atoms with Gasteiger partial charge in [0.2, 0.25) is 12.3 Å². The molecule has 1 aromatic carbocycles. The first-order valence-corrected chi connectivity index (χ1v) is 11.0. The number of nitrogens with zero attached hydrogens (tertiary/aromatic N) is 4. The molecule has 33 heavy (non-hydrogen) atoms. The van der Waals surface area contributed by atoms with E-state index in [0.29, 0.717) is 5.89 Å². The number of likely N-dealkylation sites (N-methyl/N-ethyl adjacent to an activating group) is 1. The van der Waals surface area contributed by atoms with Crippen LogP contribution in [0.3, 0.4) is 0 Å². The number of hydrogen-bond acceptors (Lipinski definition) is 6. The second kappa shape index (κ2) is 9.46. The van der Waals surface area contributed by atoms with Gasteiger partial charge in [0, 0.05) is 55.2 Å². The van der Waals surface area contributed by atoms with E-state index in [1.54, 1.807) is 0 Å². The van der Waals surface area contributed by atoms with Gasteiger partial charge in [-0.3, -0.25) is 4.79 Å². The molecule has 4 heterocycles. The summed E-state index contributed by atoms with van der Waals surface area (Å²) in [7, 11) is 2.19. The average Bonchev–Trinajstić information content (AvgIpc) is 3.37. The van der Waals surface area contributed by atoms with Crippen molar-refractivity contribution in [2.75, 3.05) is 38.1 Å². The molecule has 8 heteroatoms. The summed E-state index contributed by atoms with van der Waals surface area (Å²) in [6.45, 7) is 10.5. The van der Waals surface area contributed by atoms with E-state index in [9.17, 15) is 0 Å². The van der Waals surface area contributed by atoms with Crippen LogP contribution >= 0.6 is 0 Å². The highest BCUT2D eigenvalue weighted by Crippen LogP contribution is 2.33. The molecular formula is C25H30N6O2. The largest absolute Gasteiger partial charge is 0.441 e. The van der Waals surface area contributed by atoms with Crippen molar-refractivity contribution in [2.24, 2.45) is 5.73 Å². The van der Waals surface area contributed by atoms with Gasteiger partial charge in [0.1, 0.15) is 11.4 Å². The molecule has 0 unspecified atom stereocenters. The number of aryl methyl sites for hydroxylation is 3. The summed E-state index contributed by atoms with van der Waals surface area (Å²) in [5, 5.41) is 1.02. The third kappa shape index (κ3) is 4.61. The number of nitrogens with one attached hydrogen (secondary N) is 1. The van der Waals surface area contributed by atoms with Crippen LogP contribution in [0.25, 0.3) is 33.6 Å². The van der Waals surface area contributed by atoms with Crippen molar-refractivity contribution in [3.05, 3.63) is 53.7 Å². The SMILES string of the molecule is Cc1cc(-c2cnc3[nH]cc(-c4nc(C)c(C)o4)c3c2)ccc1N1CCN(C)CC1.NC=O. The molecule has 0 bridgehead atoms. The van der Waals surface area contributed by atoms with Crippen LogP contribution in [0.1, 0.15) is 17.0 Å². The Kier molecular flexibility index (Phi) is 6.46. The lowest BCUT2D eigenvalue weighted by molar-refractivity contribution is -0.106. The predicted molar refractivity (Wildman–Crippen MR) is 131 cm³/mol. The molecule has 1 saturated heterocycles. The van der Waals surface area contributed by atoms with Gasteiger partial charge in [-0.25, -0.2) is 9.97 Å². The number of anilines is 1. The normalized spacial score (nSPS) is 14.2. The number of pyridine rings is 1. The zero-order valence-electron chi connectivity index (χ0n) is 19.6. The summed E-state index contributed by atoms with van der Waals surface area (Å²) in [4.78, 5) is 25.9. The number of amides is 1. The molecule has 0 atom stereocenters.